The van der Waals surface area contributed by atoms with Crippen molar-refractivity contribution in [3.8, 4) is 11.5 Å². The zero-order valence-electron chi connectivity index (χ0n) is 11.1. The van der Waals surface area contributed by atoms with Crippen molar-refractivity contribution in [2.24, 2.45) is 5.73 Å². The molecule has 3 N–H and O–H groups in total. The Morgan fingerprint density at radius 2 is 2.10 bits per heavy atom. The number of carbonyl (C=O) groups is 1. The zero-order chi connectivity index (χ0) is 15.1. The number of fused-ring (bicyclic) bond motifs is 1. The number of aryl methyl sites for hydroxylation is 1. The van der Waals surface area contributed by atoms with Crippen LogP contribution in [0.1, 0.15) is 17.2 Å². The van der Waals surface area contributed by atoms with Gasteiger partial charge in [-0.25, -0.2) is 0 Å². The molecule has 4 nitrogen and oxygen atoms in total. The number of benzene rings is 2. The molecule has 2 aromatic carbocycles. The highest BCUT2D eigenvalue weighted by Crippen LogP contribution is 2.39. The summed E-state index contributed by atoms with van der Waals surface area (Å²) in [6.45, 7) is 1.97. The van der Waals surface area contributed by atoms with Crippen LogP contribution in [0, 0.1) is 6.92 Å². The van der Waals surface area contributed by atoms with E-state index in [1.54, 1.807) is 12.1 Å². The van der Waals surface area contributed by atoms with E-state index in [0.29, 0.717) is 27.8 Å². The highest BCUT2D eigenvalue weighted by atomic mass is 79.9. The quantitative estimate of drug-likeness (QED) is 0.838. The number of carbonyl (C=O) groups excluding carboxylic acids is 1. The largest absolute Gasteiger partial charge is 0.456 e. The minimum atomic E-state index is -0.679. The third-order valence-electron chi connectivity index (χ3n) is 3.34. The van der Waals surface area contributed by atoms with Crippen LogP contribution in [0.15, 0.2) is 34.8 Å². The van der Waals surface area contributed by atoms with Crippen molar-refractivity contribution in [1.29, 1.82) is 0 Å². The lowest BCUT2D eigenvalue weighted by atomic mass is 10.1. The van der Waals surface area contributed by atoms with Crippen molar-refractivity contribution in [2.75, 3.05) is 5.32 Å². The Morgan fingerprint density at radius 1 is 1.33 bits per heavy atom. The maximum absolute atomic E-state index is 11.6. The summed E-state index contributed by atoms with van der Waals surface area (Å²) >= 11 is 9.65. The van der Waals surface area contributed by atoms with Crippen molar-refractivity contribution in [3.63, 3.8) is 0 Å². The second kappa shape index (κ2) is 5.33. The van der Waals surface area contributed by atoms with Gasteiger partial charge in [-0.1, -0.05) is 27.5 Å². The Hall–Kier alpha value is -1.56. The minimum absolute atomic E-state index is 0.238. The Kier molecular flexibility index (Phi) is 3.65. The first-order chi connectivity index (χ1) is 9.95. The SMILES string of the molecule is Cc1cc(Oc2cc3c(cc2Cl)C(N)C(=O)N3)ccc1Br. The minimum Gasteiger partial charge on any atom is -0.456 e. The molecule has 0 bridgehead atoms. The van der Waals surface area contributed by atoms with Gasteiger partial charge in [0, 0.05) is 21.8 Å². The van der Waals surface area contributed by atoms with E-state index >= 15 is 0 Å². The molecule has 0 radical (unpaired) electrons. The van der Waals surface area contributed by atoms with E-state index < -0.39 is 6.04 Å². The lowest BCUT2D eigenvalue weighted by Gasteiger charge is -2.11. The van der Waals surface area contributed by atoms with Gasteiger partial charge in [-0.3, -0.25) is 4.79 Å². The molecule has 21 heavy (non-hydrogen) atoms. The molecule has 1 unspecified atom stereocenters. The standard InChI is InChI=1S/C15H12BrClN2O2/c1-7-4-8(2-3-10(7)16)21-13-6-12-9(5-11(13)17)14(18)15(20)19-12/h2-6,14H,18H2,1H3,(H,19,20). The Labute approximate surface area is 135 Å². The highest BCUT2D eigenvalue weighted by molar-refractivity contribution is 9.10. The van der Waals surface area contributed by atoms with E-state index in [1.807, 2.05) is 25.1 Å². The lowest BCUT2D eigenvalue weighted by Crippen LogP contribution is -2.19. The van der Waals surface area contributed by atoms with Crippen molar-refractivity contribution >= 4 is 39.1 Å². The van der Waals surface area contributed by atoms with Gasteiger partial charge in [0.15, 0.2) is 0 Å². The molecular formula is C15H12BrClN2O2. The molecule has 1 heterocycles. The van der Waals surface area contributed by atoms with Gasteiger partial charge in [-0.15, -0.1) is 0 Å². The van der Waals surface area contributed by atoms with Gasteiger partial charge in [0.25, 0.3) is 0 Å². The third kappa shape index (κ3) is 2.64. The monoisotopic (exact) mass is 366 g/mol. The van der Waals surface area contributed by atoms with Crippen LogP contribution in [0.2, 0.25) is 5.02 Å². The molecule has 0 saturated carbocycles. The fraction of sp³-hybridized carbons (Fsp3) is 0.133. The van der Waals surface area contributed by atoms with E-state index in [0.717, 1.165) is 10.0 Å². The lowest BCUT2D eigenvalue weighted by molar-refractivity contribution is -0.116. The van der Waals surface area contributed by atoms with E-state index in [1.165, 1.54) is 0 Å². The van der Waals surface area contributed by atoms with Crippen molar-refractivity contribution in [3.05, 3.63) is 51.0 Å². The first-order valence-corrected chi connectivity index (χ1v) is 7.46. The van der Waals surface area contributed by atoms with Crippen LogP contribution in [0.5, 0.6) is 11.5 Å². The molecule has 1 atom stereocenters. The maximum atomic E-state index is 11.6. The number of nitrogens with two attached hydrogens (primary N) is 1. The number of halogens is 2. The molecule has 0 fully saturated rings. The Morgan fingerprint density at radius 3 is 2.81 bits per heavy atom. The van der Waals surface area contributed by atoms with E-state index in [2.05, 4.69) is 21.2 Å². The molecule has 1 amide bonds. The fourth-order valence-electron chi connectivity index (χ4n) is 2.17. The number of amides is 1. The van der Waals surface area contributed by atoms with E-state index in [9.17, 15) is 4.79 Å². The van der Waals surface area contributed by atoms with Gasteiger partial charge < -0.3 is 15.8 Å². The van der Waals surface area contributed by atoms with Crippen molar-refractivity contribution in [2.45, 2.75) is 13.0 Å². The average molecular weight is 368 g/mol. The van der Waals surface area contributed by atoms with Gasteiger partial charge in [-0.05, 0) is 36.8 Å². The van der Waals surface area contributed by atoms with Crippen LogP contribution in [0.3, 0.4) is 0 Å². The zero-order valence-corrected chi connectivity index (χ0v) is 13.5. The van der Waals surface area contributed by atoms with Crippen LogP contribution in [0.25, 0.3) is 0 Å². The van der Waals surface area contributed by atoms with Gasteiger partial charge in [0.2, 0.25) is 5.91 Å². The molecule has 0 spiro atoms. The predicted octanol–water partition coefficient (Wildman–Crippen LogP) is 4.16. The van der Waals surface area contributed by atoms with Crippen LogP contribution < -0.4 is 15.8 Å². The number of hydrogen-bond acceptors (Lipinski definition) is 3. The van der Waals surface area contributed by atoms with Gasteiger partial charge in [0.1, 0.15) is 17.5 Å². The van der Waals surface area contributed by atoms with Gasteiger partial charge in [0.05, 0.1) is 5.02 Å². The number of rotatable bonds is 2. The molecule has 3 rings (SSSR count). The van der Waals surface area contributed by atoms with Crippen molar-refractivity contribution < 1.29 is 9.53 Å². The second-order valence-electron chi connectivity index (χ2n) is 4.85. The Balaban J connectivity index is 1.95. The number of ether oxygens (including phenoxy) is 1. The molecule has 0 aromatic heterocycles. The number of anilines is 1. The second-order valence-corrected chi connectivity index (χ2v) is 6.11. The first kappa shape index (κ1) is 14.4. The molecular weight excluding hydrogens is 356 g/mol. The molecule has 108 valence electrons. The van der Waals surface area contributed by atoms with Crippen LogP contribution in [0.4, 0.5) is 5.69 Å². The summed E-state index contributed by atoms with van der Waals surface area (Å²) in [5.41, 5.74) is 8.16. The summed E-state index contributed by atoms with van der Waals surface area (Å²) < 4.78 is 6.80. The summed E-state index contributed by atoms with van der Waals surface area (Å²) in [5, 5.41) is 3.13. The molecule has 1 aliphatic rings. The summed E-state index contributed by atoms with van der Waals surface area (Å²) in [4.78, 5) is 11.6. The summed E-state index contributed by atoms with van der Waals surface area (Å²) in [5.74, 6) is 0.912. The first-order valence-electron chi connectivity index (χ1n) is 6.29. The normalized spacial score (nSPS) is 16.6. The van der Waals surface area contributed by atoms with Crippen LogP contribution in [-0.2, 0) is 4.79 Å². The topological polar surface area (TPSA) is 64.3 Å². The molecule has 2 aromatic rings. The number of nitrogens with one attached hydrogen (secondary N) is 1. The van der Waals surface area contributed by atoms with Crippen LogP contribution >= 0.6 is 27.5 Å². The molecule has 6 heteroatoms. The highest BCUT2D eigenvalue weighted by Gasteiger charge is 2.28. The Bertz CT molecular complexity index is 749. The van der Waals surface area contributed by atoms with Crippen LogP contribution in [-0.4, -0.2) is 5.91 Å². The molecule has 1 aliphatic heterocycles. The molecule has 0 aliphatic carbocycles. The molecule has 0 saturated heterocycles. The van der Waals surface area contributed by atoms with Gasteiger partial charge in [-0.2, -0.15) is 0 Å². The third-order valence-corrected chi connectivity index (χ3v) is 4.52. The number of hydrogen-bond donors (Lipinski definition) is 2. The van der Waals surface area contributed by atoms with E-state index in [-0.39, 0.29) is 5.91 Å². The average Bonchev–Trinajstić information content (AvgIpc) is 2.70. The van der Waals surface area contributed by atoms with E-state index in [4.69, 9.17) is 22.1 Å². The van der Waals surface area contributed by atoms with Crippen molar-refractivity contribution in [1.82, 2.24) is 0 Å². The smallest absolute Gasteiger partial charge is 0.245 e. The summed E-state index contributed by atoms with van der Waals surface area (Å²) in [6.07, 6.45) is 0. The van der Waals surface area contributed by atoms with Gasteiger partial charge >= 0.3 is 0 Å². The summed E-state index contributed by atoms with van der Waals surface area (Å²) in [6, 6.07) is 8.33. The maximum Gasteiger partial charge on any atom is 0.245 e. The predicted molar refractivity (Wildman–Crippen MR) is 86.0 cm³/mol. The fourth-order valence-corrected chi connectivity index (χ4v) is 2.63. The summed E-state index contributed by atoms with van der Waals surface area (Å²) in [7, 11) is 0.